The van der Waals surface area contributed by atoms with Crippen molar-refractivity contribution in [2.75, 3.05) is 32.7 Å². The molecule has 1 aromatic carbocycles. The Hall–Kier alpha value is -2.28. The van der Waals surface area contributed by atoms with Gasteiger partial charge in [0.1, 0.15) is 12.2 Å². The lowest BCUT2D eigenvalue weighted by Gasteiger charge is -2.32. The molecule has 0 aromatic heterocycles. The van der Waals surface area contributed by atoms with Crippen LogP contribution in [-0.4, -0.2) is 66.4 Å². The van der Waals surface area contributed by atoms with Gasteiger partial charge in [-0.3, -0.25) is 0 Å². The Labute approximate surface area is 191 Å². The lowest BCUT2D eigenvalue weighted by Crippen LogP contribution is -2.40. The average Bonchev–Trinajstić information content (AvgIpc) is 3.18. The second-order valence-electron chi connectivity index (χ2n) is 10.5. The molecule has 176 valence electrons. The van der Waals surface area contributed by atoms with Gasteiger partial charge in [0, 0.05) is 32.2 Å². The fraction of sp³-hybridized carbons (Fsp3) is 0.680. The number of rotatable bonds is 6. The molecule has 0 radical (unpaired) electrons. The van der Waals surface area contributed by atoms with Gasteiger partial charge in [-0.05, 0) is 69.9 Å². The van der Waals surface area contributed by atoms with E-state index in [2.05, 4.69) is 10.2 Å². The van der Waals surface area contributed by atoms with Crippen molar-refractivity contribution in [1.29, 1.82) is 0 Å². The van der Waals surface area contributed by atoms with E-state index in [9.17, 15) is 9.59 Å². The van der Waals surface area contributed by atoms with Crippen molar-refractivity contribution >= 4 is 12.2 Å². The van der Waals surface area contributed by atoms with Crippen molar-refractivity contribution in [2.45, 2.75) is 58.3 Å². The molecule has 3 fully saturated rings. The molecular weight excluding hydrogens is 406 g/mol. The number of nitrogens with zero attached hydrogens (tertiary/aromatic N) is 2. The number of carbonyl (C=O) groups is 2. The third kappa shape index (κ3) is 6.15. The SMILES string of the molecule is CC(C)(C)OC(=O)NC1[C@H]2CN(CCC3CCN(C(=O)OCc4ccccc4)CC3)C[C@@H]12. The van der Waals surface area contributed by atoms with Crippen molar-refractivity contribution < 1.29 is 19.1 Å². The summed E-state index contributed by atoms with van der Waals surface area (Å²) in [6, 6.07) is 10.1. The van der Waals surface area contributed by atoms with Crippen LogP contribution in [0.1, 0.15) is 45.6 Å². The molecule has 1 saturated carbocycles. The Kier molecular flexibility index (Phi) is 6.93. The van der Waals surface area contributed by atoms with E-state index < -0.39 is 5.60 Å². The van der Waals surface area contributed by atoms with Crippen LogP contribution in [0.25, 0.3) is 0 Å². The number of ether oxygens (including phenoxy) is 2. The highest BCUT2D eigenvalue weighted by Crippen LogP contribution is 2.45. The van der Waals surface area contributed by atoms with E-state index in [4.69, 9.17) is 9.47 Å². The van der Waals surface area contributed by atoms with E-state index in [1.807, 2.05) is 56.0 Å². The number of fused-ring (bicyclic) bond motifs is 1. The zero-order chi connectivity index (χ0) is 22.7. The maximum atomic E-state index is 12.3. The number of hydrogen-bond donors (Lipinski definition) is 1. The van der Waals surface area contributed by atoms with Crippen molar-refractivity contribution in [2.24, 2.45) is 17.8 Å². The van der Waals surface area contributed by atoms with E-state index in [-0.39, 0.29) is 18.2 Å². The lowest BCUT2D eigenvalue weighted by atomic mass is 9.93. The predicted octanol–water partition coefficient (Wildman–Crippen LogP) is 3.88. The molecular formula is C25H37N3O4. The molecule has 2 aliphatic heterocycles. The second kappa shape index (κ2) is 9.69. The van der Waals surface area contributed by atoms with E-state index in [1.165, 1.54) is 6.42 Å². The van der Waals surface area contributed by atoms with Gasteiger partial charge in [-0.25, -0.2) is 9.59 Å². The normalized spacial score (nSPS) is 25.8. The summed E-state index contributed by atoms with van der Waals surface area (Å²) in [4.78, 5) is 28.7. The number of nitrogens with one attached hydrogen (secondary N) is 1. The molecule has 0 bridgehead atoms. The van der Waals surface area contributed by atoms with Crippen LogP contribution >= 0.6 is 0 Å². The monoisotopic (exact) mass is 443 g/mol. The van der Waals surface area contributed by atoms with Crippen LogP contribution in [0.15, 0.2) is 30.3 Å². The molecule has 1 N–H and O–H groups in total. The zero-order valence-electron chi connectivity index (χ0n) is 19.6. The number of hydrogen-bond acceptors (Lipinski definition) is 5. The fourth-order valence-corrected chi connectivity index (χ4v) is 5.03. The molecule has 1 unspecified atom stereocenters. The number of amides is 2. The summed E-state index contributed by atoms with van der Waals surface area (Å²) in [6.07, 6.45) is 2.78. The summed E-state index contributed by atoms with van der Waals surface area (Å²) in [5.74, 6) is 1.81. The number of likely N-dealkylation sites (tertiary alicyclic amines) is 2. The molecule has 1 aliphatic carbocycles. The van der Waals surface area contributed by atoms with Crippen LogP contribution in [0, 0.1) is 17.8 Å². The highest BCUT2D eigenvalue weighted by molar-refractivity contribution is 5.69. The molecule has 1 aromatic rings. The standard InChI is InChI=1S/C25H37N3O4/c1-25(2,3)32-23(29)26-22-20-15-27(16-21(20)22)12-9-18-10-13-28(14-11-18)24(30)31-17-19-7-5-4-6-8-19/h4-8,18,20-22H,9-17H2,1-3H3,(H,26,29)/t20-,21+,22?. The number of piperidine rings is 2. The van der Waals surface area contributed by atoms with Gasteiger partial charge >= 0.3 is 12.2 Å². The first-order valence-corrected chi connectivity index (χ1v) is 12.0. The Balaban J connectivity index is 1.08. The Morgan fingerprint density at radius 3 is 2.34 bits per heavy atom. The van der Waals surface area contributed by atoms with Gasteiger partial charge in [-0.2, -0.15) is 0 Å². The molecule has 4 rings (SSSR count). The van der Waals surface area contributed by atoms with Crippen LogP contribution < -0.4 is 5.32 Å². The minimum atomic E-state index is -0.450. The largest absolute Gasteiger partial charge is 0.445 e. The van der Waals surface area contributed by atoms with Gasteiger partial charge in [-0.15, -0.1) is 0 Å². The smallest absolute Gasteiger partial charge is 0.410 e. The first kappa shape index (κ1) is 22.9. The van der Waals surface area contributed by atoms with Gasteiger partial charge in [0.2, 0.25) is 0 Å². The first-order chi connectivity index (χ1) is 15.3. The quantitative estimate of drug-likeness (QED) is 0.723. The first-order valence-electron chi connectivity index (χ1n) is 12.0. The molecule has 2 amide bonds. The molecule has 7 heteroatoms. The predicted molar refractivity (Wildman–Crippen MR) is 122 cm³/mol. The molecule has 2 saturated heterocycles. The highest BCUT2D eigenvalue weighted by Gasteiger charge is 2.56. The van der Waals surface area contributed by atoms with Gasteiger partial charge in [-0.1, -0.05) is 30.3 Å². The van der Waals surface area contributed by atoms with Crippen molar-refractivity contribution in [1.82, 2.24) is 15.1 Å². The second-order valence-corrected chi connectivity index (χ2v) is 10.5. The summed E-state index contributed by atoms with van der Waals surface area (Å²) < 4.78 is 10.8. The van der Waals surface area contributed by atoms with E-state index in [1.54, 1.807) is 0 Å². The van der Waals surface area contributed by atoms with E-state index >= 15 is 0 Å². The van der Waals surface area contributed by atoms with Crippen molar-refractivity contribution in [3.8, 4) is 0 Å². The molecule has 2 heterocycles. The van der Waals surface area contributed by atoms with Gasteiger partial charge in [0.05, 0.1) is 0 Å². The van der Waals surface area contributed by atoms with Crippen LogP contribution in [0.5, 0.6) is 0 Å². The molecule has 7 nitrogen and oxygen atoms in total. The maximum absolute atomic E-state index is 12.3. The third-order valence-electron chi connectivity index (χ3n) is 6.88. The summed E-state index contributed by atoms with van der Waals surface area (Å²) >= 11 is 0. The fourth-order valence-electron chi connectivity index (χ4n) is 5.03. The Morgan fingerprint density at radius 1 is 1.06 bits per heavy atom. The summed E-state index contributed by atoms with van der Waals surface area (Å²) in [5, 5.41) is 3.04. The van der Waals surface area contributed by atoms with Gasteiger partial charge in [0.25, 0.3) is 0 Å². The van der Waals surface area contributed by atoms with Crippen LogP contribution in [-0.2, 0) is 16.1 Å². The topological polar surface area (TPSA) is 71.1 Å². The van der Waals surface area contributed by atoms with Crippen LogP contribution in [0.2, 0.25) is 0 Å². The average molecular weight is 444 g/mol. The van der Waals surface area contributed by atoms with Gasteiger partial charge in [0.15, 0.2) is 0 Å². The Morgan fingerprint density at radius 2 is 1.72 bits per heavy atom. The summed E-state index contributed by atoms with van der Waals surface area (Å²) in [7, 11) is 0. The lowest BCUT2D eigenvalue weighted by molar-refractivity contribution is 0.0513. The van der Waals surface area contributed by atoms with Crippen LogP contribution in [0.4, 0.5) is 9.59 Å². The van der Waals surface area contributed by atoms with Gasteiger partial charge < -0.3 is 24.6 Å². The number of alkyl carbamates (subject to hydrolysis) is 1. The molecule has 32 heavy (non-hydrogen) atoms. The highest BCUT2D eigenvalue weighted by atomic mass is 16.6. The number of carbonyl (C=O) groups excluding carboxylic acids is 2. The number of benzene rings is 1. The third-order valence-corrected chi connectivity index (χ3v) is 6.88. The van der Waals surface area contributed by atoms with Crippen molar-refractivity contribution in [3.63, 3.8) is 0 Å². The minimum absolute atomic E-state index is 0.199. The minimum Gasteiger partial charge on any atom is -0.445 e. The summed E-state index contributed by atoms with van der Waals surface area (Å²) in [6.45, 7) is 10.8. The van der Waals surface area contributed by atoms with E-state index in [0.29, 0.717) is 24.4 Å². The summed E-state index contributed by atoms with van der Waals surface area (Å²) in [5.41, 5.74) is 0.567. The zero-order valence-corrected chi connectivity index (χ0v) is 19.6. The molecule has 3 atom stereocenters. The van der Waals surface area contributed by atoms with Crippen LogP contribution in [0.3, 0.4) is 0 Å². The van der Waals surface area contributed by atoms with Crippen molar-refractivity contribution in [3.05, 3.63) is 35.9 Å². The maximum Gasteiger partial charge on any atom is 0.410 e. The Bertz CT molecular complexity index is 774. The molecule has 0 spiro atoms. The molecule has 3 aliphatic rings. The van der Waals surface area contributed by atoms with E-state index in [0.717, 1.165) is 51.1 Å².